The summed E-state index contributed by atoms with van der Waals surface area (Å²) in [5.74, 6) is -1.17. The van der Waals surface area contributed by atoms with Crippen LogP contribution in [0.2, 0.25) is 0 Å². The summed E-state index contributed by atoms with van der Waals surface area (Å²) in [6.07, 6.45) is 4.38. The zero-order valence-electron chi connectivity index (χ0n) is 15.4. The average molecular weight is 446 g/mol. The second-order valence-corrected chi connectivity index (χ2v) is 6.17. The lowest BCUT2D eigenvalue weighted by molar-refractivity contribution is -0.137. The van der Waals surface area contributed by atoms with Gasteiger partial charge in [-0.1, -0.05) is 18.2 Å². The molecule has 0 bridgehead atoms. The van der Waals surface area contributed by atoms with Crippen LogP contribution >= 0.6 is 15.9 Å². The summed E-state index contributed by atoms with van der Waals surface area (Å²) < 4.78 is 10.7. The molecule has 0 aliphatic rings. The SMILES string of the molecule is CCOC(=O)C(=CNC(=CNc1ccccc1Br)C(=O)OC)c1ccccn1. The van der Waals surface area contributed by atoms with Crippen molar-refractivity contribution in [1.29, 1.82) is 0 Å². The first-order chi connectivity index (χ1) is 13.6. The topological polar surface area (TPSA) is 89.6 Å². The molecule has 0 fully saturated rings. The number of nitrogens with zero attached hydrogens (tertiary/aromatic N) is 1. The molecule has 28 heavy (non-hydrogen) atoms. The van der Waals surface area contributed by atoms with Crippen LogP contribution < -0.4 is 10.6 Å². The maximum atomic E-state index is 12.3. The Morgan fingerprint density at radius 1 is 1.11 bits per heavy atom. The summed E-state index contributed by atoms with van der Waals surface area (Å²) in [5, 5.41) is 5.82. The molecule has 0 spiro atoms. The number of hydrogen-bond acceptors (Lipinski definition) is 7. The molecule has 1 heterocycles. The van der Waals surface area contributed by atoms with Gasteiger partial charge in [0.1, 0.15) is 11.3 Å². The normalized spacial score (nSPS) is 11.5. The highest BCUT2D eigenvalue weighted by molar-refractivity contribution is 9.10. The molecule has 0 aliphatic carbocycles. The molecule has 2 N–H and O–H groups in total. The molecule has 0 amide bonds. The maximum absolute atomic E-state index is 12.3. The van der Waals surface area contributed by atoms with E-state index in [-0.39, 0.29) is 17.9 Å². The molecule has 2 aromatic rings. The van der Waals surface area contributed by atoms with Gasteiger partial charge in [0.2, 0.25) is 0 Å². The Morgan fingerprint density at radius 2 is 1.86 bits per heavy atom. The Hall–Kier alpha value is -3.13. The zero-order valence-corrected chi connectivity index (χ0v) is 17.0. The lowest BCUT2D eigenvalue weighted by atomic mass is 10.2. The number of hydrogen-bond donors (Lipinski definition) is 2. The molecule has 0 atom stereocenters. The monoisotopic (exact) mass is 445 g/mol. The molecule has 0 aliphatic heterocycles. The molecular weight excluding hydrogens is 426 g/mol. The van der Waals surface area contributed by atoms with Crippen LogP contribution in [0.5, 0.6) is 0 Å². The van der Waals surface area contributed by atoms with Gasteiger partial charge in [-0.15, -0.1) is 0 Å². The van der Waals surface area contributed by atoms with Gasteiger partial charge in [0, 0.05) is 23.1 Å². The van der Waals surface area contributed by atoms with Gasteiger partial charge in [0.25, 0.3) is 0 Å². The van der Waals surface area contributed by atoms with E-state index in [0.717, 1.165) is 10.2 Å². The lowest BCUT2D eigenvalue weighted by Crippen LogP contribution is -2.20. The van der Waals surface area contributed by atoms with Crippen molar-refractivity contribution in [2.45, 2.75) is 6.92 Å². The number of nitrogens with one attached hydrogen (secondary N) is 2. The van der Waals surface area contributed by atoms with Crippen LogP contribution in [-0.2, 0) is 19.1 Å². The molecule has 1 aromatic heterocycles. The lowest BCUT2D eigenvalue weighted by Gasteiger charge is -2.10. The number of aromatic nitrogens is 1. The number of pyridine rings is 1. The Labute approximate surface area is 171 Å². The summed E-state index contributed by atoms with van der Waals surface area (Å²) in [4.78, 5) is 28.6. The van der Waals surface area contributed by atoms with E-state index in [1.54, 1.807) is 31.3 Å². The van der Waals surface area contributed by atoms with Gasteiger partial charge < -0.3 is 20.1 Å². The fourth-order valence-electron chi connectivity index (χ4n) is 2.12. The Bertz CT molecular complexity index is 882. The van der Waals surface area contributed by atoms with E-state index in [1.165, 1.54) is 19.5 Å². The molecule has 146 valence electrons. The Kier molecular flexibility index (Phi) is 8.23. The number of esters is 2. The van der Waals surface area contributed by atoms with Gasteiger partial charge in [-0.3, -0.25) is 4.98 Å². The fourth-order valence-corrected chi connectivity index (χ4v) is 2.52. The predicted octanol–water partition coefficient (Wildman–Crippen LogP) is 3.46. The van der Waals surface area contributed by atoms with E-state index < -0.39 is 11.9 Å². The van der Waals surface area contributed by atoms with E-state index in [2.05, 4.69) is 31.5 Å². The second-order valence-electron chi connectivity index (χ2n) is 5.31. The highest BCUT2D eigenvalue weighted by Crippen LogP contribution is 2.21. The van der Waals surface area contributed by atoms with Crippen molar-refractivity contribution in [2.24, 2.45) is 0 Å². The van der Waals surface area contributed by atoms with Crippen molar-refractivity contribution in [3.63, 3.8) is 0 Å². The molecule has 0 saturated carbocycles. The van der Waals surface area contributed by atoms with Gasteiger partial charge in [-0.25, -0.2) is 9.59 Å². The quantitative estimate of drug-likeness (QED) is 0.474. The molecular formula is C20H20BrN3O4. The van der Waals surface area contributed by atoms with Crippen LogP contribution in [0.4, 0.5) is 5.69 Å². The third-order valence-electron chi connectivity index (χ3n) is 3.46. The molecule has 8 heteroatoms. The van der Waals surface area contributed by atoms with Crippen LogP contribution in [0, 0.1) is 0 Å². The summed E-state index contributed by atoms with van der Waals surface area (Å²) in [6, 6.07) is 12.6. The summed E-state index contributed by atoms with van der Waals surface area (Å²) in [7, 11) is 1.27. The van der Waals surface area contributed by atoms with Gasteiger partial charge >= 0.3 is 11.9 Å². The van der Waals surface area contributed by atoms with Crippen LogP contribution in [0.15, 0.2) is 71.2 Å². The average Bonchev–Trinajstić information content (AvgIpc) is 2.72. The van der Waals surface area contributed by atoms with E-state index in [1.807, 2.05) is 24.3 Å². The zero-order chi connectivity index (χ0) is 20.4. The number of ether oxygens (including phenoxy) is 2. The number of para-hydroxylation sites is 1. The standard InChI is InChI=1S/C20H20BrN3O4/c1-3-28-19(25)14(16-9-6-7-11-22-16)12-23-18(20(26)27-2)13-24-17-10-5-4-8-15(17)21/h4-13,23-24H,3H2,1-2H3. The van der Waals surface area contributed by atoms with Crippen molar-refractivity contribution in [2.75, 3.05) is 19.0 Å². The van der Waals surface area contributed by atoms with Crippen molar-refractivity contribution in [3.05, 3.63) is 76.9 Å². The number of halogens is 1. The Balaban J connectivity index is 2.30. The van der Waals surface area contributed by atoms with Crippen molar-refractivity contribution in [1.82, 2.24) is 10.3 Å². The number of carbonyl (C=O) groups is 2. The third-order valence-corrected chi connectivity index (χ3v) is 4.15. The molecule has 1 aromatic carbocycles. The van der Waals surface area contributed by atoms with Crippen molar-refractivity contribution >= 4 is 39.1 Å². The summed E-state index contributed by atoms with van der Waals surface area (Å²) in [6.45, 7) is 1.93. The number of methoxy groups -OCH3 is 1. The molecule has 7 nitrogen and oxygen atoms in total. The van der Waals surface area contributed by atoms with Crippen LogP contribution in [0.25, 0.3) is 5.57 Å². The number of rotatable bonds is 8. The summed E-state index contributed by atoms with van der Waals surface area (Å²) in [5.41, 5.74) is 1.44. The van der Waals surface area contributed by atoms with E-state index in [4.69, 9.17) is 9.47 Å². The minimum absolute atomic E-state index is 0.0935. The van der Waals surface area contributed by atoms with Gasteiger partial charge in [0.05, 0.1) is 25.1 Å². The smallest absolute Gasteiger partial charge is 0.355 e. The van der Waals surface area contributed by atoms with Crippen LogP contribution in [0.1, 0.15) is 12.6 Å². The number of benzene rings is 1. The van der Waals surface area contributed by atoms with Gasteiger partial charge in [-0.2, -0.15) is 0 Å². The Morgan fingerprint density at radius 3 is 2.50 bits per heavy atom. The minimum Gasteiger partial charge on any atom is -0.464 e. The maximum Gasteiger partial charge on any atom is 0.355 e. The summed E-state index contributed by atoms with van der Waals surface area (Å²) >= 11 is 3.42. The van der Waals surface area contributed by atoms with Crippen molar-refractivity contribution < 1.29 is 19.1 Å². The fraction of sp³-hybridized carbons (Fsp3) is 0.150. The highest BCUT2D eigenvalue weighted by Gasteiger charge is 2.16. The predicted molar refractivity (Wildman–Crippen MR) is 110 cm³/mol. The van der Waals surface area contributed by atoms with E-state index in [9.17, 15) is 9.59 Å². The highest BCUT2D eigenvalue weighted by atomic mass is 79.9. The van der Waals surface area contributed by atoms with Crippen LogP contribution in [-0.4, -0.2) is 30.6 Å². The van der Waals surface area contributed by atoms with E-state index in [0.29, 0.717) is 5.69 Å². The largest absolute Gasteiger partial charge is 0.464 e. The number of anilines is 1. The number of carbonyl (C=O) groups excluding carboxylic acids is 2. The van der Waals surface area contributed by atoms with Crippen LogP contribution in [0.3, 0.4) is 0 Å². The molecule has 0 radical (unpaired) electrons. The first-order valence-corrected chi connectivity index (χ1v) is 9.21. The molecule has 2 rings (SSSR count). The van der Waals surface area contributed by atoms with E-state index >= 15 is 0 Å². The molecule has 0 saturated heterocycles. The first-order valence-electron chi connectivity index (χ1n) is 8.41. The minimum atomic E-state index is -0.611. The second kappa shape index (κ2) is 10.9. The first kappa shape index (κ1) is 21.2. The van der Waals surface area contributed by atoms with Gasteiger partial charge in [0.15, 0.2) is 0 Å². The van der Waals surface area contributed by atoms with Crippen molar-refractivity contribution in [3.8, 4) is 0 Å². The third kappa shape index (κ3) is 5.95. The molecule has 0 unspecified atom stereocenters. The van der Waals surface area contributed by atoms with Gasteiger partial charge in [-0.05, 0) is 47.1 Å².